The van der Waals surface area contributed by atoms with E-state index in [1.807, 2.05) is 6.08 Å². The highest BCUT2D eigenvalue weighted by atomic mass is 28.4. The first-order valence-corrected chi connectivity index (χ1v) is 9.05. The minimum absolute atomic E-state index is 0.227. The summed E-state index contributed by atoms with van der Waals surface area (Å²) in [6.45, 7) is 15.3. The maximum Gasteiger partial charge on any atom is 0.192 e. The van der Waals surface area contributed by atoms with Crippen LogP contribution in [-0.2, 0) is 4.43 Å². The zero-order chi connectivity index (χ0) is 12.8. The van der Waals surface area contributed by atoms with Crippen molar-refractivity contribution in [2.75, 3.05) is 6.61 Å². The highest BCUT2D eigenvalue weighted by Crippen LogP contribution is 2.38. The van der Waals surface area contributed by atoms with Crippen molar-refractivity contribution in [1.29, 1.82) is 0 Å². The second-order valence-corrected chi connectivity index (χ2v) is 10.6. The molecule has 0 unspecified atom stereocenters. The summed E-state index contributed by atoms with van der Waals surface area (Å²) in [5, 5.41) is 9.11. The molecule has 3 heteroatoms. The summed E-state index contributed by atoms with van der Waals surface area (Å²) in [5.41, 5.74) is 0. The van der Waals surface area contributed by atoms with E-state index in [1.165, 1.54) is 0 Å². The SMILES string of the molecule is C=CC[C@H](CCCO)O[Si](C)(C)C(C)(C)C. The molecule has 0 aromatic rings. The Balaban J connectivity index is 4.42. The van der Waals surface area contributed by atoms with Gasteiger partial charge in [-0.05, 0) is 37.4 Å². The van der Waals surface area contributed by atoms with E-state index in [1.54, 1.807) is 0 Å². The molecule has 1 atom stereocenters. The molecule has 0 saturated carbocycles. The quantitative estimate of drug-likeness (QED) is 0.546. The minimum atomic E-state index is -1.68. The lowest BCUT2D eigenvalue weighted by atomic mass is 10.1. The molecule has 0 radical (unpaired) electrons. The number of aliphatic hydroxyl groups excluding tert-OH is 1. The van der Waals surface area contributed by atoms with Gasteiger partial charge in [0.05, 0.1) is 0 Å². The van der Waals surface area contributed by atoms with E-state index in [-0.39, 0.29) is 17.7 Å². The first-order valence-electron chi connectivity index (χ1n) is 6.14. The molecule has 0 aliphatic heterocycles. The number of hydrogen-bond acceptors (Lipinski definition) is 2. The fourth-order valence-electron chi connectivity index (χ4n) is 1.32. The van der Waals surface area contributed by atoms with Gasteiger partial charge < -0.3 is 9.53 Å². The summed E-state index contributed by atoms with van der Waals surface area (Å²) in [6, 6.07) is 0. The second kappa shape index (κ2) is 6.57. The van der Waals surface area contributed by atoms with Crippen LogP contribution in [0.3, 0.4) is 0 Å². The Labute approximate surface area is 102 Å². The lowest BCUT2D eigenvalue weighted by Gasteiger charge is -2.39. The Morgan fingerprint density at radius 2 is 1.94 bits per heavy atom. The van der Waals surface area contributed by atoms with E-state index in [9.17, 15) is 0 Å². The van der Waals surface area contributed by atoms with Crippen LogP contribution >= 0.6 is 0 Å². The molecule has 0 rings (SSSR count). The summed E-state index contributed by atoms with van der Waals surface area (Å²) >= 11 is 0. The van der Waals surface area contributed by atoms with Crippen LogP contribution in [-0.4, -0.2) is 26.1 Å². The van der Waals surface area contributed by atoms with Crippen LogP contribution in [0.2, 0.25) is 18.1 Å². The molecule has 0 aliphatic rings. The average molecular weight is 244 g/mol. The van der Waals surface area contributed by atoms with Gasteiger partial charge in [0, 0.05) is 12.7 Å². The molecule has 0 aromatic heterocycles. The molecular weight excluding hydrogens is 216 g/mol. The Hall–Kier alpha value is -0.123. The van der Waals surface area contributed by atoms with Crippen molar-refractivity contribution in [2.24, 2.45) is 0 Å². The van der Waals surface area contributed by atoms with Crippen molar-refractivity contribution in [1.82, 2.24) is 0 Å². The lowest BCUT2D eigenvalue weighted by Crippen LogP contribution is -2.43. The Morgan fingerprint density at radius 1 is 1.38 bits per heavy atom. The summed E-state index contributed by atoms with van der Waals surface area (Å²) in [4.78, 5) is 0. The largest absolute Gasteiger partial charge is 0.414 e. The third-order valence-electron chi connectivity index (χ3n) is 3.38. The molecule has 1 N–H and O–H groups in total. The Bertz CT molecular complexity index is 206. The van der Waals surface area contributed by atoms with Crippen LogP contribution in [0.4, 0.5) is 0 Å². The molecule has 0 spiro atoms. The van der Waals surface area contributed by atoms with Crippen LogP contribution in [0, 0.1) is 0 Å². The van der Waals surface area contributed by atoms with E-state index in [0.717, 1.165) is 19.3 Å². The predicted molar refractivity (Wildman–Crippen MR) is 73.2 cm³/mol. The standard InChI is InChI=1S/C13H28O2Si/c1-7-9-12(10-8-11-14)15-16(5,6)13(2,3)4/h7,12,14H,1,8-11H2,2-6H3/t12-/m1/s1. The van der Waals surface area contributed by atoms with E-state index < -0.39 is 8.32 Å². The molecular formula is C13H28O2Si. The van der Waals surface area contributed by atoms with Crippen molar-refractivity contribution in [3.8, 4) is 0 Å². The average Bonchev–Trinajstić information content (AvgIpc) is 2.12. The van der Waals surface area contributed by atoms with Gasteiger partial charge in [0.1, 0.15) is 0 Å². The molecule has 0 aliphatic carbocycles. The Morgan fingerprint density at radius 3 is 2.31 bits per heavy atom. The summed E-state index contributed by atoms with van der Waals surface area (Å²) in [7, 11) is -1.68. The van der Waals surface area contributed by atoms with Crippen molar-refractivity contribution in [3.63, 3.8) is 0 Å². The maximum absolute atomic E-state index is 8.87. The molecule has 0 saturated heterocycles. The molecule has 0 amide bonds. The molecule has 2 nitrogen and oxygen atoms in total. The van der Waals surface area contributed by atoms with Crippen molar-refractivity contribution in [3.05, 3.63) is 12.7 Å². The van der Waals surface area contributed by atoms with Gasteiger partial charge in [-0.1, -0.05) is 26.8 Å². The smallest absolute Gasteiger partial charge is 0.192 e. The van der Waals surface area contributed by atoms with Crippen LogP contribution in [0.15, 0.2) is 12.7 Å². The van der Waals surface area contributed by atoms with E-state index in [0.29, 0.717) is 0 Å². The highest BCUT2D eigenvalue weighted by Gasteiger charge is 2.38. The number of hydrogen-bond donors (Lipinski definition) is 1. The fourth-order valence-corrected chi connectivity index (χ4v) is 2.72. The van der Waals surface area contributed by atoms with E-state index in [2.05, 4.69) is 40.4 Å². The predicted octanol–water partition coefficient (Wildman–Crippen LogP) is 3.73. The first-order chi connectivity index (χ1) is 7.24. The van der Waals surface area contributed by atoms with Crippen LogP contribution in [0.25, 0.3) is 0 Å². The molecule has 0 fully saturated rings. The minimum Gasteiger partial charge on any atom is -0.414 e. The van der Waals surface area contributed by atoms with Gasteiger partial charge in [0.25, 0.3) is 0 Å². The van der Waals surface area contributed by atoms with Crippen LogP contribution in [0.5, 0.6) is 0 Å². The van der Waals surface area contributed by atoms with E-state index in [4.69, 9.17) is 9.53 Å². The number of rotatable bonds is 7. The first kappa shape index (κ1) is 15.9. The van der Waals surface area contributed by atoms with Crippen molar-refractivity contribution < 1.29 is 9.53 Å². The van der Waals surface area contributed by atoms with Gasteiger partial charge in [-0.2, -0.15) is 0 Å². The summed E-state index contributed by atoms with van der Waals surface area (Å²) in [6.07, 6.45) is 4.76. The molecule has 0 aromatic carbocycles. The zero-order valence-corrected chi connectivity index (χ0v) is 12.5. The van der Waals surface area contributed by atoms with Gasteiger partial charge in [0.2, 0.25) is 0 Å². The van der Waals surface area contributed by atoms with Gasteiger partial charge in [-0.15, -0.1) is 6.58 Å². The normalized spacial score (nSPS) is 14.9. The fraction of sp³-hybridized carbons (Fsp3) is 0.846. The van der Waals surface area contributed by atoms with Gasteiger partial charge in [-0.25, -0.2) is 0 Å². The van der Waals surface area contributed by atoms with Crippen LogP contribution in [0.1, 0.15) is 40.0 Å². The third-order valence-corrected chi connectivity index (χ3v) is 7.92. The van der Waals surface area contributed by atoms with Crippen LogP contribution < -0.4 is 0 Å². The molecule has 16 heavy (non-hydrogen) atoms. The van der Waals surface area contributed by atoms with Gasteiger partial charge >= 0.3 is 0 Å². The van der Waals surface area contributed by atoms with Gasteiger partial charge in [0.15, 0.2) is 8.32 Å². The lowest BCUT2D eigenvalue weighted by molar-refractivity contribution is 0.158. The third kappa shape index (κ3) is 5.28. The monoisotopic (exact) mass is 244 g/mol. The summed E-state index contributed by atoms with van der Waals surface area (Å²) < 4.78 is 6.30. The number of aliphatic hydroxyl groups is 1. The van der Waals surface area contributed by atoms with Crippen molar-refractivity contribution >= 4 is 8.32 Å². The second-order valence-electron chi connectivity index (χ2n) is 5.89. The molecule has 0 bridgehead atoms. The zero-order valence-electron chi connectivity index (χ0n) is 11.5. The summed E-state index contributed by atoms with van der Waals surface area (Å²) in [5.74, 6) is 0. The van der Waals surface area contributed by atoms with Crippen molar-refractivity contribution in [2.45, 2.75) is 64.3 Å². The topological polar surface area (TPSA) is 29.5 Å². The Kier molecular flexibility index (Phi) is 6.52. The molecule has 0 heterocycles. The van der Waals surface area contributed by atoms with E-state index >= 15 is 0 Å². The highest BCUT2D eigenvalue weighted by molar-refractivity contribution is 6.74. The maximum atomic E-state index is 8.87. The molecule has 96 valence electrons. The van der Waals surface area contributed by atoms with Gasteiger partial charge in [-0.3, -0.25) is 0 Å².